The highest BCUT2D eigenvalue weighted by molar-refractivity contribution is 7.10. The van der Waals surface area contributed by atoms with E-state index < -0.39 is 5.92 Å². The molecule has 0 radical (unpaired) electrons. The van der Waals surface area contributed by atoms with Crippen LogP contribution in [0.3, 0.4) is 0 Å². The van der Waals surface area contributed by atoms with Gasteiger partial charge >= 0.3 is 4.87 Å². The van der Waals surface area contributed by atoms with Gasteiger partial charge in [0.15, 0.2) is 11.5 Å². The highest BCUT2D eigenvalue weighted by Gasteiger charge is 2.40. The minimum atomic E-state index is -0.417. The fourth-order valence-corrected chi connectivity index (χ4v) is 5.41. The van der Waals surface area contributed by atoms with Crippen molar-refractivity contribution in [2.45, 2.75) is 12.3 Å². The zero-order chi connectivity index (χ0) is 23.3. The molecule has 1 atom stereocenters. The highest BCUT2D eigenvalue weighted by atomic mass is 32.1. The zero-order valence-electron chi connectivity index (χ0n) is 18.5. The Kier molecular flexibility index (Phi) is 5.16. The Morgan fingerprint density at radius 3 is 2.39 bits per heavy atom. The largest absolute Gasteiger partial charge is 0.497 e. The summed E-state index contributed by atoms with van der Waals surface area (Å²) in [6, 6.07) is 8.96. The molecule has 1 aromatic heterocycles. The summed E-state index contributed by atoms with van der Waals surface area (Å²) in [6.45, 7) is 0.0459. The van der Waals surface area contributed by atoms with Crippen molar-refractivity contribution >= 4 is 28.7 Å². The van der Waals surface area contributed by atoms with Crippen LogP contribution in [0.4, 0.5) is 11.5 Å². The van der Waals surface area contributed by atoms with E-state index in [1.807, 2.05) is 0 Å². The summed E-state index contributed by atoms with van der Waals surface area (Å²) in [4.78, 5) is 28.4. The van der Waals surface area contributed by atoms with Crippen molar-refractivity contribution in [3.63, 3.8) is 0 Å². The fraction of sp³-hybridized carbons (Fsp3) is 0.304. The molecule has 1 amide bonds. The average Bonchev–Trinajstić information content (AvgIpc) is 3.43. The summed E-state index contributed by atoms with van der Waals surface area (Å²) in [5, 5.41) is 0. The molecule has 5 rings (SSSR count). The van der Waals surface area contributed by atoms with Gasteiger partial charge < -0.3 is 23.7 Å². The third kappa shape index (κ3) is 3.20. The van der Waals surface area contributed by atoms with Crippen LogP contribution in [0.2, 0.25) is 0 Å². The number of carbonyl (C=O) groups is 1. The number of amides is 1. The number of fused-ring (bicyclic) bond motifs is 2. The summed E-state index contributed by atoms with van der Waals surface area (Å²) >= 11 is 1.11. The number of hydrogen-bond acceptors (Lipinski definition) is 8. The summed E-state index contributed by atoms with van der Waals surface area (Å²) < 4.78 is 29.1. The first-order valence-corrected chi connectivity index (χ1v) is 11.0. The summed E-state index contributed by atoms with van der Waals surface area (Å²) in [5.74, 6) is 2.49. The topological polar surface area (TPSA) is 88.5 Å². The average molecular weight is 471 g/mol. The number of rotatable bonds is 5. The molecule has 0 spiro atoms. The van der Waals surface area contributed by atoms with E-state index in [9.17, 15) is 9.59 Å². The molecular formula is C23H22N2O7S. The van der Waals surface area contributed by atoms with E-state index >= 15 is 0 Å². The maximum Gasteiger partial charge on any atom is 0.308 e. The molecule has 0 unspecified atom stereocenters. The number of hydrogen-bond donors (Lipinski definition) is 0. The fourth-order valence-electron chi connectivity index (χ4n) is 4.33. The lowest BCUT2D eigenvalue weighted by Gasteiger charge is -2.33. The van der Waals surface area contributed by atoms with Crippen molar-refractivity contribution in [2.75, 3.05) is 33.0 Å². The summed E-state index contributed by atoms with van der Waals surface area (Å²) in [6.07, 6.45) is 0.137. The molecule has 2 aliphatic rings. The second kappa shape index (κ2) is 8.04. The zero-order valence-corrected chi connectivity index (χ0v) is 19.4. The van der Waals surface area contributed by atoms with Crippen LogP contribution in [0.5, 0.6) is 28.7 Å². The predicted molar refractivity (Wildman–Crippen MR) is 122 cm³/mol. The molecule has 0 saturated heterocycles. The van der Waals surface area contributed by atoms with Gasteiger partial charge in [-0.2, -0.15) is 0 Å². The Balaban J connectivity index is 1.69. The first kappa shape index (κ1) is 21.2. The van der Waals surface area contributed by atoms with Crippen molar-refractivity contribution < 1.29 is 28.5 Å². The van der Waals surface area contributed by atoms with Crippen molar-refractivity contribution in [1.82, 2.24) is 4.57 Å². The third-order valence-corrected chi connectivity index (χ3v) is 7.02. The van der Waals surface area contributed by atoms with Gasteiger partial charge in [-0.05, 0) is 30.3 Å². The van der Waals surface area contributed by atoms with Crippen molar-refractivity contribution in [2.24, 2.45) is 7.05 Å². The monoisotopic (exact) mass is 470 g/mol. The molecule has 3 aromatic rings. The van der Waals surface area contributed by atoms with Gasteiger partial charge in [-0.25, -0.2) is 0 Å². The normalized spacial score (nSPS) is 16.5. The highest BCUT2D eigenvalue weighted by Crippen LogP contribution is 2.55. The standard InChI is InChI=1S/C23H22N2O7S/c1-24-22-21(33-23(24)27)15(10-17(26)25(22)12-5-7-13(28-2)8-6-12)14-9-16(29-3)19-20(18(14)30-4)32-11-31-19/h5-9,15H,10-11H2,1-4H3/t15-/m0/s1. The number of anilines is 2. The third-order valence-electron chi connectivity index (χ3n) is 5.89. The molecule has 0 bridgehead atoms. The molecule has 2 aliphatic heterocycles. The molecule has 10 heteroatoms. The SMILES string of the molecule is COc1ccc(N2C(=O)C[C@@H](c3cc(OC)c4c(c3OC)OCO4)c3sc(=O)n(C)c32)cc1. The molecule has 0 N–H and O–H groups in total. The molecule has 3 heterocycles. The molecule has 33 heavy (non-hydrogen) atoms. The van der Waals surface area contributed by atoms with Gasteiger partial charge in [-0.3, -0.25) is 19.1 Å². The first-order chi connectivity index (χ1) is 16.0. The maximum absolute atomic E-state index is 13.5. The van der Waals surface area contributed by atoms with E-state index in [1.54, 1.807) is 49.4 Å². The van der Waals surface area contributed by atoms with Gasteiger partial charge in [0.05, 0.1) is 31.9 Å². The van der Waals surface area contributed by atoms with Crippen LogP contribution in [0.25, 0.3) is 0 Å². The van der Waals surface area contributed by atoms with Gasteiger partial charge in [0.2, 0.25) is 24.2 Å². The van der Waals surface area contributed by atoms with E-state index in [4.69, 9.17) is 23.7 Å². The molecule has 2 aromatic carbocycles. The van der Waals surface area contributed by atoms with Crippen LogP contribution in [0, 0.1) is 0 Å². The molecule has 0 aliphatic carbocycles. The number of thiazole rings is 1. The van der Waals surface area contributed by atoms with E-state index in [1.165, 1.54) is 18.8 Å². The number of ether oxygens (including phenoxy) is 5. The second-order valence-corrected chi connectivity index (χ2v) is 8.56. The van der Waals surface area contributed by atoms with Gasteiger partial charge in [-0.1, -0.05) is 11.3 Å². The van der Waals surface area contributed by atoms with Gasteiger partial charge in [0.25, 0.3) is 0 Å². The van der Waals surface area contributed by atoms with E-state index in [-0.39, 0.29) is 24.0 Å². The van der Waals surface area contributed by atoms with Gasteiger partial charge in [0.1, 0.15) is 11.6 Å². The number of benzene rings is 2. The molecule has 9 nitrogen and oxygen atoms in total. The smallest absolute Gasteiger partial charge is 0.308 e. The lowest BCUT2D eigenvalue weighted by Crippen LogP contribution is -2.34. The van der Waals surface area contributed by atoms with Gasteiger partial charge in [0, 0.05) is 24.9 Å². The minimum Gasteiger partial charge on any atom is -0.497 e. The Morgan fingerprint density at radius 1 is 1.00 bits per heavy atom. The molecule has 172 valence electrons. The van der Waals surface area contributed by atoms with Crippen molar-refractivity contribution in [3.8, 4) is 28.7 Å². The van der Waals surface area contributed by atoms with Crippen molar-refractivity contribution in [1.29, 1.82) is 0 Å². The molecule has 0 saturated carbocycles. The Bertz CT molecular complexity index is 1300. The quantitative estimate of drug-likeness (QED) is 0.565. The Morgan fingerprint density at radius 2 is 1.73 bits per heavy atom. The van der Waals surface area contributed by atoms with Crippen LogP contribution in [0.1, 0.15) is 22.8 Å². The number of aromatic nitrogens is 1. The second-order valence-electron chi connectivity index (χ2n) is 7.56. The number of methoxy groups -OCH3 is 3. The maximum atomic E-state index is 13.5. The Labute approximate surface area is 193 Å². The van der Waals surface area contributed by atoms with E-state index in [0.29, 0.717) is 45.8 Å². The predicted octanol–water partition coefficient (Wildman–Crippen LogP) is 3.40. The van der Waals surface area contributed by atoms with E-state index in [2.05, 4.69) is 0 Å². The van der Waals surface area contributed by atoms with Crippen LogP contribution in [-0.2, 0) is 11.8 Å². The van der Waals surface area contributed by atoms with Crippen molar-refractivity contribution in [3.05, 3.63) is 50.4 Å². The van der Waals surface area contributed by atoms with Gasteiger partial charge in [-0.15, -0.1) is 0 Å². The molecule has 0 fully saturated rings. The van der Waals surface area contributed by atoms with Crippen LogP contribution in [-0.4, -0.2) is 38.6 Å². The van der Waals surface area contributed by atoms with Crippen LogP contribution >= 0.6 is 11.3 Å². The van der Waals surface area contributed by atoms with Crippen LogP contribution < -0.4 is 33.5 Å². The van der Waals surface area contributed by atoms with E-state index in [0.717, 1.165) is 16.2 Å². The summed E-state index contributed by atoms with van der Waals surface area (Å²) in [7, 11) is 6.33. The lowest BCUT2D eigenvalue weighted by molar-refractivity contribution is -0.118. The Hall–Kier alpha value is -3.66. The minimum absolute atomic E-state index is 0.0459. The number of nitrogens with zero attached hydrogens (tertiary/aromatic N) is 2. The first-order valence-electron chi connectivity index (χ1n) is 10.2. The molecular weight excluding hydrogens is 448 g/mol. The van der Waals surface area contributed by atoms with Crippen LogP contribution in [0.15, 0.2) is 35.1 Å². The summed E-state index contributed by atoms with van der Waals surface area (Å²) in [5.41, 5.74) is 1.36. The number of carbonyl (C=O) groups excluding carboxylic acids is 1. The lowest BCUT2D eigenvalue weighted by atomic mass is 9.89.